The molecule has 0 saturated heterocycles. The molecule has 0 fully saturated rings. The maximum atomic E-state index is 10.7. The molecule has 1 heterocycles. The zero-order valence-electron chi connectivity index (χ0n) is 11.8. The molecule has 2 rings (SSSR count). The SMILES string of the molecule is N#C[C@@H](c1cccnc1)[C@@H](CCO)c1ccc([N+](=O)[O-])cc1. The molecule has 22 heavy (non-hydrogen) atoms. The molecule has 2 atom stereocenters. The van der Waals surface area contributed by atoms with Gasteiger partial charge in [-0.1, -0.05) is 18.2 Å². The van der Waals surface area contributed by atoms with Crippen LogP contribution in [0.4, 0.5) is 5.69 Å². The van der Waals surface area contributed by atoms with Crippen LogP contribution in [0.15, 0.2) is 48.8 Å². The molecule has 2 aromatic rings. The number of hydrogen-bond donors (Lipinski definition) is 1. The number of nitro groups is 1. The lowest BCUT2D eigenvalue weighted by Crippen LogP contribution is -2.12. The molecule has 1 aromatic heterocycles. The standard InChI is InChI=1S/C16H15N3O3/c17-10-16(13-2-1-8-18-11-13)15(7-9-20)12-3-5-14(6-4-12)19(21)22/h1-6,8,11,15-16,20H,7,9H2/t15-,16-/m0/s1. The summed E-state index contributed by atoms with van der Waals surface area (Å²) < 4.78 is 0. The summed E-state index contributed by atoms with van der Waals surface area (Å²) in [5.41, 5.74) is 1.55. The molecular weight excluding hydrogens is 282 g/mol. The van der Waals surface area contributed by atoms with E-state index in [0.717, 1.165) is 11.1 Å². The van der Waals surface area contributed by atoms with Gasteiger partial charge in [0.1, 0.15) is 0 Å². The highest BCUT2D eigenvalue weighted by Gasteiger charge is 2.25. The van der Waals surface area contributed by atoms with Crippen molar-refractivity contribution in [3.63, 3.8) is 0 Å². The molecule has 0 aliphatic heterocycles. The number of pyridine rings is 1. The summed E-state index contributed by atoms with van der Waals surface area (Å²) in [6.07, 6.45) is 3.65. The fraction of sp³-hybridized carbons (Fsp3) is 0.250. The van der Waals surface area contributed by atoms with Crippen LogP contribution >= 0.6 is 0 Å². The Balaban J connectivity index is 2.36. The first-order valence-electron chi connectivity index (χ1n) is 6.82. The Morgan fingerprint density at radius 1 is 1.27 bits per heavy atom. The van der Waals surface area contributed by atoms with Gasteiger partial charge in [-0.05, 0) is 23.6 Å². The predicted molar refractivity (Wildman–Crippen MR) is 80.1 cm³/mol. The van der Waals surface area contributed by atoms with Crippen molar-refractivity contribution in [2.75, 3.05) is 6.61 Å². The highest BCUT2D eigenvalue weighted by molar-refractivity contribution is 5.37. The Hall–Kier alpha value is -2.78. The minimum atomic E-state index is -0.470. The van der Waals surface area contributed by atoms with E-state index in [4.69, 9.17) is 0 Å². The number of rotatable bonds is 6. The minimum absolute atomic E-state index is 0.00128. The van der Waals surface area contributed by atoms with Gasteiger partial charge in [-0.25, -0.2) is 0 Å². The van der Waals surface area contributed by atoms with Gasteiger partial charge in [0.05, 0.1) is 16.9 Å². The first-order valence-corrected chi connectivity index (χ1v) is 6.82. The smallest absolute Gasteiger partial charge is 0.269 e. The summed E-state index contributed by atoms with van der Waals surface area (Å²) >= 11 is 0. The number of non-ortho nitro benzene ring substituents is 1. The van der Waals surface area contributed by atoms with Crippen molar-refractivity contribution in [1.29, 1.82) is 5.26 Å². The second kappa shape index (κ2) is 7.29. The van der Waals surface area contributed by atoms with E-state index >= 15 is 0 Å². The van der Waals surface area contributed by atoms with Gasteiger partial charge in [0.2, 0.25) is 0 Å². The minimum Gasteiger partial charge on any atom is -0.396 e. The third-order valence-corrected chi connectivity index (χ3v) is 3.56. The maximum absolute atomic E-state index is 10.7. The lowest BCUT2D eigenvalue weighted by Gasteiger charge is -2.21. The summed E-state index contributed by atoms with van der Waals surface area (Å²) in [6, 6.07) is 11.9. The molecule has 0 unspecified atom stereocenters. The molecular formula is C16H15N3O3. The van der Waals surface area contributed by atoms with Gasteiger partial charge in [0.15, 0.2) is 0 Å². The fourth-order valence-electron chi connectivity index (χ4n) is 2.46. The van der Waals surface area contributed by atoms with Crippen LogP contribution in [0.1, 0.15) is 29.4 Å². The van der Waals surface area contributed by atoms with Crippen LogP contribution in [-0.4, -0.2) is 21.6 Å². The van der Waals surface area contributed by atoms with Crippen molar-refractivity contribution >= 4 is 5.69 Å². The largest absolute Gasteiger partial charge is 0.396 e. The van der Waals surface area contributed by atoms with Crippen molar-refractivity contribution in [1.82, 2.24) is 4.98 Å². The lowest BCUT2D eigenvalue weighted by atomic mass is 9.81. The van der Waals surface area contributed by atoms with E-state index < -0.39 is 10.8 Å². The van der Waals surface area contributed by atoms with Gasteiger partial charge in [0.25, 0.3) is 5.69 Å². The van der Waals surface area contributed by atoms with Gasteiger partial charge in [-0.2, -0.15) is 5.26 Å². The Labute approximate surface area is 127 Å². The summed E-state index contributed by atoms with van der Waals surface area (Å²) in [6.45, 7) is -0.0693. The average Bonchev–Trinajstić information content (AvgIpc) is 2.56. The molecule has 0 spiro atoms. The van der Waals surface area contributed by atoms with E-state index in [1.165, 1.54) is 12.1 Å². The Bertz CT molecular complexity index is 665. The average molecular weight is 297 g/mol. The lowest BCUT2D eigenvalue weighted by molar-refractivity contribution is -0.384. The first-order chi connectivity index (χ1) is 10.7. The highest BCUT2D eigenvalue weighted by Crippen LogP contribution is 2.35. The monoisotopic (exact) mass is 297 g/mol. The third kappa shape index (κ3) is 3.45. The predicted octanol–water partition coefficient (Wildman–Crippen LogP) is 2.76. The number of benzene rings is 1. The topological polar surface area (TPSA) is 100 Å². The second-order valence-corrected chi connectivity index (χ2v) is 4.86. The molecule has 0 saturated carbocycles. The number of nitriles is 1. The number of aromatic nitrogens is 1. The van der Waals surface area contributed by atoms with Crippen LogP contribution in [0.3, 0.4) is 0 Å². The van der Waals surface area contributed by atoms with Crippen LogP contribution in [0.5, 0.6) is 0 Å². The van der Waals surface area contributed by atoms with E-state index in [9.17, 15) is 20.5 Å². The summed E-state index contributed by atoms with van der Waals surface area (Å²) in [5, 5.41) is 29.5. The first kappa shape index (κ1) is 15.6. The van der Waals surface area contributed by atoms with E-state index in [-0.39, 0.29) is 18.2 Å². The molecule has 6 nitrogen and oxygen atoms in total. The Morgan fingerprint density at radius 2 is 2.00 bits per heavy atom. The molecule has 0 aliphatic rings. The highest BCUT2D eigenvalue weighted by atomic mass is 16.6. The summed E-state index contributed by atoms with van der Waals surface area (Å²) in [5.74, 6) is -0.720. The van der Waals surface area contributed by atoms with Gasteiger partial charge < -0.3 is 5.11 Å². The quantitative estimate of drug-likeness (QED) is 0.652. The van der Waals surface area contributed by atoms with Gasteiger partial charge in [0, 0.05) is 37.1 Å². The normalized spacial score (nSPS) is 13.1. The Kier molecular flexibility index (Phi) is 5.17. The van der Waals surface area contributed by atoms with Crippen LogP contribution in [-0.2, 0) is 0 Å². The second-order valence-electron chi connectivity index (χ2n) is 4.86. The van der Waals surface area contributed by atoms with Crippen LogP contribution < -0.4 is 0 Å². The molecule has 0 amide bonds. The maximum Gasteiger partial charge on any atom is 0.269 e. The molecule has 0 radical (unpaired) electrons. The molecule has 1 aromatic carbocycles. The van der Waals surface area contributed by atoms with Crippen LogP contribution in [0, 0.1) is 21.4 Å². The van der Waals surface area contributed by atoms with E-state index in [1.54, 1.807) is 30.6 Å². The molecule has 1 N–H and O–H groups in total. The van der Waals surface area contributed by atoms with Crippen molar-refractivity contribution in [2.24, 2.45) is 0 Å². The molecule has 6 heteroatoms. The number of aliphatic hydroxyl groups excluding tert-OH is 1. The zero-order valence-corrected chi connectivity index (χ0v) is 11.8. The van der Waals surface area contributed by atoms with E-state index in [2.05, 4.69) is 11.1 Å². The van der Waals surface area contributed by atoms with Crippen molar-refractivity contribution in [3.05, 3.63) is 70.0 Å². The number of hydrogen-bond acceptors (Lipinski definition) is 5. The molecule has 0 aliphatic carbocycles. The van der Waals surface area contributed by atoms with Crippen molar-refractivity contribution in [3.8, 4) is 6.07 Å². The van der Waals surface area contributed by atoms with Gasteiger partial charge in [-0.15, -0.1) is 0 Å². The summed E-state index contributed by atoms with van der Waals surface area (Å²) in [4.78, 5) is 14.3. The fourth-order valence-corrected chi connectivity index (χ4v) is 2.46. The number of nitrogens with zero attached hydrogens (tertiary/aromatic N) is 3. The third-order valence-electron chi connectivity index (χ3n) is 3.56. The van der Waals surface area contributed by atoms with E-state index in [0.29, 0.717) is 6.42 Å². The van der Waals surface area contributed by atoms with Gasteiger partial charge in [-0.3, -0.25) is 15.1 Å². The van der Waals surface area contributed by atoms with Crippen molar-refractivity contribution in [2.45, 2.75) is 18.3 Å². The Morgan fingerprint density at radius 3 is 2.50 bits per heavy atom. The number of aliphatic hydroxyl groups is 1. The number of nitro benzene ring substituents is 1. The van der Waals surface area contributed by atoms with Crippen molar-refractivity contribution < 1.29 is 10.0 Å². The molecule has 0 bridgehead atoms. The van der Waals surface area contributed by atoms with Gasteiger partial charge >= 0.3 is 0 Å². The van der Waals surface area contributed by atoms with E-state index in [1.807, 2.05) is 6.07 Å². The van der Waals surface area contributed by atoms with Crippen LogP contribution in [0.25, 0.3) is 0 Å². The molecule has 112 valence electrons. The zero-order chi connectivity index (χ0) is 15.9. The van der Waals surface area contributed by atoms with Crippen LogP contribution in [0.2, 0.25) is 0 Å². The summed E-state index contributed by atoms with van der Waals surface area (Å²) in [7, 11) is 0.